The predicted molar refractivity (Wildman–Crippen MR) is 532 cm³/mol. The average molecular weight is 2040 g/mol. The van der Waals surface area contributed by atoms with Gasteiger partial charge in [-0.05, 0) is 277 Å². The highest BCUT2D eigenvalue weighted by Crippen LogP contribution is 2.40. The quantitative estimate of drug-likeness (QED) is 0.0327. The summed E-state index contributed by atoms with van der Waals surface area (Å²) in [5.41, 5.74) is 18.6. The molecule has 0 amide bonds. The van der Waals surface area contributed by atoms with Crippen LogP contribution in [0.3, 0.4) is 0 Å². The highest BCUT2D eigenvalue weighted by molar-refractivity contribution is 7.89. The molecule has 6 N–H and O–H groups in total. The number of halogens is 15. The Labute approximate surface area is 831 Å². The van der Waals surface area contributed by atoms with Crippen LogP contribution in [0, 0.1) is 20.8 Å². The normalized spacial score (nSPS) is 12.1. The van der Waals surface area contributed by atoms with E-state index in [1.165, 1.54) is 91.4 Å². The van der Waals surface area contributed by atoms with Gasteiger partial charge < -0.3 is 53.7 Å². The SMILES string of the molecule is CC(O)c1ccccc1-c1ccc2nc(COc3ccc(C(F)(F)F)cc3)[nH]c2c1.CN(C)S(=O)(=O)c1ccccc1-c1ccc2nc(COc3ccc(C(F)(F)F)cc3)[nH]c2c1.Cc1ccc(-c2ccc3nc(COc4ccc(C(F)(F)F)cc4)[nH]c3c2)cc1.Cc1cccc(-c2ccc3nc(COc4ccc(C(F)(F)F)cc4)[nH]c3c2)c1.Cc1ccccc1-c1ccc2nc(COc3ccc(C(F)(F)F)cc3)[nH]c2c1. The molecule has 1 atom stereocenters. The lowest BCUT2D eigenvalue weighted by molar-refractivity contribution is -0.138. The van der Waals surface area contributed by atoms with Crippen LogP contribution in [0.2, 0.25) is 0 Å². The van der Waals surface area contributed by atoms with Crippen molar-refractivity contribution in [3.8, 4) is 84.4 Å². The van der Waals surface area contributed by atoms with E-state index in [-0.39, 0.29) is 43.7 Å². The third-order valence-corrected chi connectivity index (χ3v) is 25.2. The summed E-state index contributed by atoms with van der Waals surface area (Å²) in [7, 11) is -0.680. The highest BCUT2D eigenvalue weighted by Gasteiger charge is 2.35. The van der Waals surface area contributed by atoms with Gasteiger partial charge in [-0.1, -0.05) is 157 Å². The lowest BCUT2D eigenvalue weighted by Crippen LogP contribution is -2.22. The van der Waals surface area contributed by atoms with E-state index in [1.807, 2.05) is 122 Å². The first-order valence-electron chi connectivity index (χ1n) is 45.5. The average Bonchev–Trinajstić information content (AvgIpc) is 1.71. The standard InChI is InChI=1S/C23H20F3N3O3S.C23H19F3N2O2.3C22H17F3N2O/c1-29(2)33(30,31)21-6-4-3-5-18(21)15-7-12-19-20(13-15)28-22(27-19)14-32-17-10-8-16(9-11-17)23(24,25)26;1-14(29)18-4-2-3-5-19(18)15-6-11-20-21(12-15)28-22(27-20)13-30-17-9-7-16(8-10-17)23(24,25)26;1-14-2-4-15(5-3-14)16-6-11-19-20(12-16)27-21(26-19)13-28-18-9-7-17(8-10-18)22(23,24)25;1-14-3-2-4-15(11-14)16-5-10-19-20(12-16)27-21(26-19)13-28-18-8-6-17(7-9-18)22(23,24)25;1-14-4-2-3-5-18(14)15-6-11-19-20(12-15)27-21(26-19)13-28-17-9-7-16(8-10-17)22(23,24)25/h3-13H,14H2,1-2H3,(H,27,28);2-12,14,29H,13H2,1H3,(H,27,28);3*2-12H,13H2,1H3,(H,26,27). The smallest absolute Gasteiger partial charge is 0.416 e. The van der Waals surface area contributed by atoms with Crippen LogP contribution in [-0.4, -0.2) is 81.8 Å². The number of ether oxygens (including phenoxy) is 5. The van der Waals surface area contributed by atoms with Crippen LogP contribution in [-0.2, 0) is 73.9 Å². The van der Waals surface area contributed by atoms with E-state index in [9.17, 15) is 79.4 Å². The Morgan fingerprint density at radius 1 is 0.286 bits per heavy atom. The molecule has 35 heteroatoms. The molecule has 0 aliphatic heterocycles. The van der Waals surface area contributed by atoms with Crippen molar-refractivity contribution in [2.45, 2.75) is 103 Å². The molecule has 19 nitrogen and oxygen atoms in total. The number of benzene rings is 15. The second-order valence-corrected chi connectivity index (χ2v) is 36.3. The molecule has 0 fully saturated rings. The van der Waals surface area contributed by atoms with Crippen LogP contribution in [0.1, 0.15) is 92.2 Å². The van der Waals surface area contributed by atoms with E-state index >= 15 is 0 Å². The number of rotatable bonds is 23. The van der Waals surface area contributed by atoms with Gasteiger partial charge in [-0.3, -0.25) is 0 Å². The molecule has 5 aromatic heterocycles. The van der Waals surface area contributed by atoms with Gasteiger partial charge in [0.2, 0.25) is 10.0 Å². The Bertz CT molecular complexity index is 8090. The van der Waals surface area contributed by atoms with E-state index in [0.29, 0.717) is 74.3 Å². The maximum absolute atomic E-state index is 12.7. The van der Waals surface area contributed by atoms with Gasteiger partial charge in [0.05, 0.1) is 94.0 Å². The molecule has 752 valence electrons. The zero-order chi connectivity index (χ0) is 104. The molecule has 0 aliphatic rings. The number of aromatic nitrogens is 10. The fraction of sp³-hybridized carbons (Fsp3) is 0.152. The van der Waals surface area contributed by atoms with Gasteiger partial charge in [-0.25, -0.2) is 37.6 Å². The number of sulfonamides is 1. The summed E-state index contributed by atoms with van der Waals surface area (Å²) < 4.78 is 244. The number of nitrogens with one attached hydrogen (secondary N) is 5. The Morgan fingerprint density at radius 3 is 0.864 bits per heavy atom. The van der Waals surface area contributed by atoms with Crippen molar-refractivity contribution in [2.24, 2.45) is 0 Å². The van der Waals surface area contributed by atoms with E-state index < -0.39 is 74.8 Å². The van der Waals surface area contributed by atoms with E-state index in [0.717, 1.165) is 159 Å². The number of fused-ring (bicyclic) bond motifs is 5. The summed E-state index contributed by atoms with van der Waals surface area (Å²) in [5.74, 6) is 4.55. The van der Waals surface area contributed by atoms with Crippen LogP contribution in [0.25, 0.3) is 111 Å². The zero-order valence-electron chi connectivity index (χ0n) is 78.9. The summed E-state index contributed by atoms with van der Waals surface area (Å²) in [4.78, 5) is 38.5. The minimum atomic E-state index is -4.40. The van der Waals surface area contributed by atoms with Crippen molar-refractivity contribution in [2.75, 3.05) is 14.1 Å². The van der Waals surface area contributed by atoms with Gasteiger partial charge >= 0.3 is 30.9 Å². The third-order valence-electron chi connectivity index (χ3n) is 23.3. The molecular formula is C112H90F15N11O8S. The highest BCUT2D eigenvalue weighted by atomic mass is 32.2. The minimum absolute atomic E-state index is 0.0287. The van der Waals surface area contributed by atoms with Gasteiger partial charge in [-0.15, -0.1) is 0 Å². The van der Waals surface area contributed by atoms with Crippen molar-refractivity contribution < 1.29 is 103 Å². The molecule has 20 aromatic rings. The Morgan fingerprint density at radius 2 is 0.551 bits per heavy atom. The van der Waals surface area contributed by atoms with Gasteiger partial charge in [0.15, 0.2) is 0 Å². The van der Waals surface area contributed by atoms with Gasteiger partial charge in [-0.2, -0.15) is 65.9 Å². The minimum Gasteiger partial charge on any atom is -0.486 e. The molecule has 0 spiro atoms. The number of alkyl halides is 15. The molecule has 20 rings (SSSR count). The molecule has 0 radical (unpaired) electrons. The van der Waals surface area contributed by atoms with Crippen molar-refractivity contribution in [1.29, 1.82) is 0 Å². The number of imidazole rings is 5. The Kier molecular flexibility index (Phi) is 30.9. The molecule has 1 unspecified atom stereocenters. The molecular weight excluding hydrogens is 1940 g/mol. The monoisotopic (exact) mass is 2030 g/mol. The molecule has 0 aliphatic carbocycles. The van der Waals surface area contributed by atoms with Gasteiger partial charge in [0.25, 0.3) is 0 Å². The van der Waals surface area contributed by atoms with Crippen molar-refractivity contribution in [3.05, 3.63) is 413 Å². The second kappa shape index (κ2) is 44.0. The van der Waals surface area contributed by atoms with E-state index in [4.69, 9.17) is 23.7 Å². The molecule has 15 aromatic carbocycles. The maximum atomic E-state index is 12.7. The zero-order valence-corrected chi connectivity index (χ0v) is 79.7. The number of H-pyrrole nitrogens is 5. The number of aliphatic hydroxyl groups is 1. The van der Waals surface area contributed by atoms with Gasteiger partial charge in [0.1, 0.15) is 90.9 Å². The Balaban J connectivity index is 0.000000131. The number of nitrogens with zero attached hydrogens (tertiary/aromatic N) is 6. The van der Waals surface area contributed by atoms with E-state index in [2.05, 4.69) is 118 Å². The van der Waals surface area contributed by atoms with Crippen LogP contribution in [0.5, 0.6) is 28.7 Å². The second-order valence-electron chi connectivity index (χ2n) is 34.2. The number of aromatic amines is 5. The molecule has 0 saturated carbocycles. The summed E-state index contributed by atoms with van der Waals surface area (Å²) in [6, 6.07) is 90.9. The first-order chi connectivity index (χ1) is 70.0. The van der Waals surface area contributed by atoms with Crippen LogP contribution >= 0.6 is 0 Å². The number of hydrogen-bond acceptors (Lipinski definition) is 13. The first kappa shape index (κ1) is 103. The lowest BCUT2D eigenvalue weighted by Gasteiger charge is -2.15. The predicted octanol–water partition coefficient (Wildman–Crippen LogP) is 29.4. The number of aliphatic hydroxyl groups excluding tert-OH is 1. The lowest BCUT2D eigenvalue weighted by atomic mass is 9.96. The molecule has 0 saturated heterocycles. The van der Waals surface area contributed by atoms with E-state index in [1.54, 1.807) is 49.4 Å². The summed E-state index contributed by atoms with van der Waals surface area (Å²) in [6.45, 7) is 8.43. The molecule has 5 heterocycles. The summed E-state index contributed by atoms with van der Waals surface area (Å²) >= 11 is 0. The van der Waals surface area contributed by atoms with Crippen molar-refractivity contribution >= 4 is 65.2 Å². The van der Waals surface area contributed by atoms with Crippen LogP contribution < -0.4 is 23.7 Å². The van der Waals surface area contributed by atoms with Gasteiger partial charge in [0, 0.05) is 19.7 Å². The Hall–Kier alpha value is -16.5. The van der Waals surface area contributed by atoms with Crippen LogP contribution in [0.15, 0.2) is 339 Å². The van der Waals surface area contributed by atoms with Crippen molar-refractivity contribution in [1.82, 2.24) is 54.1 Å². The first-order valence-corrected chi connectivity index (χ1v) is 46.9. The third kappa shape index (κ3) is 26.4. The van der Waals surface area contributed by atoms with Crippen LogP contribution in [0.4, 0.5) is 65.9 Å². The fourth-order valence-electron chi connectivity index (χ4n) is 15.7. The molecule has 147 heavy (non-hydrogen) atoms. The fourth-order valence-corrected chi connectivity index (χ4v) is 16.8. The molecule has 0 bridgehead atoms. The summed E-state index contributed by atoms with van der Waals surface area (Å²) in [6.07, 6.45) is -22.4. The topological polar surface area (TPSA) is 247 Å². The largest absolute Gasteiger partial charge is 0.486 e. The maximum Gasteiger partial charge on any atom is 0.416 e. The van der Waals surface area contributed by atoms with Crippen molar-refractivity contribution in [3.63, 3.8) is 0 Å². The number of hydrogen-bond donors (Lipinski definition) is 6. The summed E-state index contributed by atoms with van der Waals surface area (Å²) in [5, 5.41) is 10.0. The number of aryl methyl sites for hydroxylation is 3.